The van der Waals surface area contributed by atoms with Gasteiger partial charge in [-0.25, -0.2) is 4.98 Å². The first kappa shape index (κ1) is 15.9. The molecule has 0 bridgehead atoms. The fourth-order valence-electron chi connectivity index (χ4n) is 2.56. The number of rotatable bonds is 7. The highest BCUT2D eigenvalue weighted by Crippen LogP contribution is 2.24. The van der Waals surface area contributed by atoms with E-state index < -0.39 is 0 Å². The zero-order valence-electron chi connectivity index (χ0n) is 12.8. The molecule has 0 saturated carbocycles. The maximum absolute atomic E-state index is 11.6. The third-order valence-corrected chi connectivity index (χ3v) is 4.09. The Bertz CT molecular complexity index is 654. The molecule has 5 nitrogen and oxygen atoms in total. The van der Waals surface area contributed by atoms with E-state index in [1.165, 1.54) is 0 Å². The van der Waals surface area contributed by atoms with Crippen LogP contribution in [0.25, 0.3) is 11.5 Å². The van der Waals surface area contributed by atoms with E-state index >= 15 is 0 Å². The first-order valence-corrected chi connectivity index (χ1v) is 8.31. The SMILES string of the molecule is O=C1NCCC1Cc1coc(-c2ccc(OCCCCl)cc2)n1. The van der Waals surface area contributed by atoms with E-state index in [1.54, 1.807) is 6.26 Å². The number of nitrogens with one attached hydrogen (secondary N) is 1. The lowest BCUT2D eigenvalue weighted by Crippen LogP contribution is -2.20. The average molecular weight is 335 g/mol. The second-order valence-electron chi connectivity index (χ2n) is 5.54. The Morgan fingerprint density at radius 3 is 2.87 bits per heavy atom. The molecule has 1 amide bonds. The van der Waals surface area contributed by atoms with Crippen molar-refractivity contribution in [1.29, 1.82) is 0 Å². The number of aromatic nitrogens is 1. The molecule has 122 valence electrons. The summed E-state index contributed by atoms with van der Waals surface area (Å²) in [4.78, 5) is 16.1. The van der Waals surface area contributed by atoms with Crippen LogP contribution in [0, 0.1) is 5.92 Å². The molecule has 1 unspecified atom stereocenters. The summed E-state index contributed by atoms with van der Waals surface area (Å²) in [5.41, 5.74) is 1.70. The molecule has 1 N–H and O–H groups in total. The Labute approximate surface area is 140 Å². The van der Waals surface area contributed by atoms with Gasteiger partial charge in [0.2, 0.25) is 11.8 Å². The fourth-order valence-corrected chi connectivity index (χ4v) is 2.67. The molecule has 1 atom stereocenters. The standard InChI is InChI=1S/C17H19ClN2O3/c18-7-1-9-22-15-4-2-12(3-5-15)17-20-14(11-23-17)10-13-6-8-19-16(13)21/h2-5,11,13H,1,6-10H2,(H,19,21). The second kappa shape index (κ2) is 7.51. The van der Waals surface area contributed by atoms with Gasteiger partial charge >= 0.3 is 0 Å². The van der Waals surface area contributed by atoms with Gasteiger partial charge < -0.3 is 14.5 Å². The van der Waals surface area contributed by atoms with Crippen LogP contribution in [0.4, 0.5) is 0 Å². The summed E-state index contributed by atoms with van der Waals surface area (Å²) in [6, 6.07) is 7.59. The van der Waals surface area contributed by atoms with Crippen molar-refractivity contribution in [2.45, 2.75) is 19.3 Å². The molecule has 0 spiro atoms. The maximum atomic E-state index is 11.6. The number of hydrogen-bond donors (Lipinski definition) is 1. The molecule has 1 aromatic carbocycles. The lowest BCUT2D eigenvalue weighted by molar-refractivity contribution is -0.122. The average Bonchev–Trinajstić information content (AvgIpc) is 3.19. The van der Waals surface area contributed by atoms with Gasteiger partial charge in [-0.15, -0.1) is 11.6 Å². The number of carbonyl (C=O) groups excluding carboxylic acids is 1. The molecule has 0 radical (unpaired) electrons. The molecule has 2 aromatic rings. The van der Waals surface area contributed by atoms with E-state index in [0.717, 1.165) is 36.4 Å². The Balaban J connectivity index is 1.62. The van der Waals surface area contributed by atoms with Crippen LogP contribution in [0.3, 0.4) is 0 Å². The van der Waals surface area contributed by atoms with Crippen molar-refractivity contribution in [3.63, 3.8) is 0 Å². The van der Waals surface area contributed by atoms with Crippen LogP contribution in [0.5, 0.6) is 5.75 Å². The van der Waals surface area contributed by atoms with E-state index in [1.807, 2.05) is 24.3 Å². The quantitative estimate of drug-likeness (QED) is 0.624. The first-order valence-electron chi connectivity index (χ1n) is 7.77. The van der Waals surface area contributed by atoms with Gasteiger partial charge in [0, 0.05) is 30.3 Å². The topological polar surface area (TPSA) is 64.4 Å². The molecule has 1 saturated heterocycles. The van der Waals surface area contributed by atoms with Crippen LogP contribution < -0.4 is 10.1 Å². The summed E-state index contributed by atoms with van der Waals surface area (Å²) in [5, 5.41) is 2.84. The summed E-state index contributed by atoms with van der Waals surface area (Å²) in [7, 11) is 0. The summed E-state index contributed by atoms with van der Waals surface area (Å²) >= 11 is 5.62. The molecule has 6 heteroatoms. The molecule has 1 aliphatic rings. The molecule has 1 aliphatic heterocycles. The Hall–Kier alpha value is -2.01. The molecule has 23 heavy (non-hydrogen) atoms. The van der Waals surface area contributed by atoms with E-state index in [2.05, 4.69) is 10.3 Å². The third-order valence-electron chi connectivity index (χ3n) is 3.82. The summed E-state index contributed by atoms with van der Waals surface area (Å²) < 4.78 is 11.1. The van der Waals surface area contributed by atoms with Gasteiger partial charge in [0.05, 0.1) is 12.3 Å². The molecule has 0 aliphatic carbocycles. The van der Waals surface area contributed by atoms with Crippen LogP contribution >= 0.6 is 11.6 Å². The lowest BCUT2D eigenvalue weighted by atomic mass is 10.0. The Morgan fingerprint density at radius 1 is 1.35 bits per heavy atom. The van der Waals surface area contributed by atoms with Gasteiger partial charge in [0.25, 0.3) is 0 Å². The number of alkyl halides is 1. The van der Waals surface area contributed by atoms with Crippen LogP contribution in [0.1, 0.15) is 18.5 Å². The number of benzene rings is 1. The number of amides is 1. The fraction of sp³-hybridized carbons (Fsp3) is 0.412. The van der Waals surface area contributed by atoms with E-state index in [-0.39, 0.29) is 11.8 Å². The van der Waals surface area contributed by atoms with E-state index in [4.69, 9.17) is 20.8 Å². The van der Waals surface area contributed by atoms with Gasteiger partial charge in [-0.05, 0) is 37.1 Å². The molecule has 1 fully saturated rings. The zero-order valence-corrected chi connectivity index (χ0v) is 13.5. The highest BCUT2D eigenvalue weighted by molar-refractivity contribution is 6.17. The maximum Gasteiger partial charge on any atom is 0.226 e. The minimum Gasteiger partial charge on any atom is -0.494 e. The Kier molecular flexibility index (Phi) is 5.18. The number of ether oxygens (including phenoxy) is 1. The molecule has 2 heterocycles. The molecule has 1 aromatic heterocycles. The molecule has 3 rings (SSSR count). The Morgan fingerprint density at radius 2 is 2.17 bits per heavy atom. The van der Waals surface area contributed by atoms with Crippen LogP contribution in [-0.2, 0) is 11.2 Å². The predicted molar refractivity (Wildman–Crippen MR) is 87.6 cm³/mol. The van der Waals surface area contributed by atoms with Gasteiger partial charge in [-0.1, -0.05) is 0 Å². The van der Waals surface area contributed by atoms with Crippen LogP contribution in [0.2, 0.25) is 0 Å². The smallest absolute Gasteiger partial charge is 0.226 e. The minimum absolute atomic E-state index is 0.00524. The zero-order chi connectivity index (χ0) is 16.1. The molecular weight excluding hydrogens is 316 g/mol. The normalized spacial score (nSPS) is 17.3. The highest BCUT2D eigenvalue weighted by atomic mass is 35.5. The number of nitrogens with zero attached hydrogens (tertiary/aromatic N) is 1. The van der Waals surface area contributed by atoms with Gasteiger partial charge in [0.15, 0.2) is 0 Å². The van der Waals surface area contributed by atoms with Crippen molar-refractivity contribution in [2.75, 3.05) is 19.0 Å². The third kappa shape index (κ3) is 4.05. The van der Waals surface area contributed by atoms with Crippen molar-refractivity contribution < 1.29 is 13.9 Å². The van der Waals surface area contributed by atoms with Crippen LogP contribution in [0.15, 0.2) is 34.9 Å². The number of hydrogen-bond acceptors (Lipinski definition) is 4. The first-order chi connectivity index (χ1) is 11.3. The van der Waals surface area contributed by atoms with Crippen molar-refractivity contribution in [2.24, 2.45) is 5.92 Å². The van der Waals surface area contributed by atoms with Crippen LogP contribution in [-0.4, -0.2) is 29.9 Å². The number of halogens is 1. The lowest BCUT2D eigenvalue weighted by Gasteiger charge is -2.05. The summed E-state index contributed by atoms with van der Waals surface area (Å²) in [5.74, 6) is 2.06. The predicted octanol–water partition coefficient (Wildman–Crippen LogP) is 3.03. The highest BCUT2D eigenvalue weighted by Gasteiger charge is 2.25. The minimum atomic E-state index is 0.00524. The van der Waals surface area contributed by atoms with Crippen molar-refractivity contribution in [3.8, 4) is 17.2 Å². The van der Waals surface area contributed by atoms with Gasteiger partial charge in [-0.3, -0.25) is 4.79 Å². The van der Waals surface area contributed by atoms with Crippen molar-refractivity contribution in [3.05, 3.63) is 36.2 Å². The number of oxazole rings is 1. The second-order valence-corrected chi connectivity index (χ2v) is 5.92. The van der Waals surface area contributed by atoms with E-state index in [0.29, 0.717) is 24.8 Å². The van der Waals surface area contributed by atoms with Gasteiger partial charge in [-0.2, -0.15) is 0 Å². The van der Waals surface area contributed by atoms with Gasteiger partial charge in [0.1, 0.15) is 12.0 Å². The van der Waals surface area contributed by atoms with Crippen molar-refractivity contribution in [1.82, 2.24) is 10.3 Å². The summed E-state index contributed by atoms with van der Waals surface area (Å²) in [6.45, 7) is 1.36. The monoisotopic (exact) mass is 334 g/mol. The number of carbonyl (C=O) groups is 1. The summed E-state index contributed by atoms with van der Waals surface area (Å²) in [6.07, 6.45) is 3.93. The van der Waals surface area contributed by atoms with Crippen molar-refractivity contribution >= 4 is 17.5 Å². The largest absolute Gasteiger partial charge is 0.494 e. The van der Waals surface area contributed by atoms with E-state index in [9.17, 15) is 4.79 Å². The molecular formula is C17H19ClN2O3.